The topological polar surface area (TPSA) is 42.2 Å². The van der Waals surface area contributed by atoms with Gasteiger partial charge in [0.2, 0.25) is 5.91 Å². The summed E-state index contributed by atoms with van der Waals surface area (Å²) in [6.45, 7) is 2.13. The number of benzene rings is 1. The Kier molecular flexibility index (Phi) is 2.62. The fourth-order valence-corrected chi connectivity index (χ4v) is 2.83. The summed E-state index contributed by atoms with van der Waals surface area (Å²) in [4.78, 5) is 11.5. The minimum absolute atomic E-state index is 0.0796. The molecule has 3 rings (SSSR count). The van der Waals surface area contributed by atoms with Crippen LogP contribution in [0, 0.1) is 0 Å². The number of nitrogens with one attached hydrogen (secondary N) is 1. The number of rotatable bonds is 3. The molecule has 1 aliphatic rings. The Hall–Kier alpha value is -1.77. The molecule has 0 aliphatic carbocycles. The normalized spacial score (nSPS) is 23.5. The second-order valence-electron chi connectivity index (χ2n) is 5.12. The third kappa shape index (κ3) is 1.80. The van der Waals surface area contributed by atoms with Crippen LogP contribution in [0.5, 0.6) is 0 Å². The van der Waals surface area contributed by atoms with Crippen LogP contribution in [0.25, 0.3) is 11.0 Å². The summed E-state index contributed by atoms with van der Waals surface area (Å²) in [6.07, 6.45) is 5.20. The van der Waals surface area contributed by atoms with Crippen molar-refractivity contribution in [2.24, 2.45) is 0 Å². The molecule has 1 atom stereocenters. The highest BCUT2D eigenvalue weighted by Crippen LogP contribution is 2.31. The molecule has 1 fully saturated rings. The molecule has 0 saturated carbocycles. The van der Waals surface area contributed by atoms with Crippen molar-refractivity contribution >= 4 is 16.9 Å². The first kappa shape index (κ1) is 11.3. The Bertz CT molecular complexity index is 587. The van der Waals surface area contributed by atoms with Crippen LogP contribution in [0.15, 0.2) is 34.9 Å². The molecule has 1 saturated heterocycles. The quantitative estimate of drug-likeness (QED) is 0.900. The van der Waals surface area contributed by atoms with Gasteiger partial charge in [0, 0.05) is 22.9 Å². The number of hydrogen-bond donors (Lipinski definition) is 1. The van der Waals surface area contributed by atoms with Crippen LogP contribution in [0.2, 0.25) is 0 Å². The molecule has 0 spiro atoms. The number of carbonyl (C=O) groups is 1. The van der Waals surface area contributed by atoms with Crippen LogP contribution < -0.4 is 5.32 Å². The predicted molar refractivity (Wildman–Crippen MR) is 70.3 cm³/mol. The minimum atomic E-state index is -0.0796. The average molecular weight is 243 g/mol. The zero-order valence-corrected chi connectivity index (χ0v) is 10.5. The van der Waals surface area contributed by atoms with Crippen molar-refractivity contribution in [3.63, 3.8) is 0 Å². The van der Waals surface area contributed by atoms with Gasteiger partial charge >= 0.3 is 0 Å². The van der Waals surface area contributed by atoms with Gasteiger partial charge in [0.05, 0.1) is 6.26 Å². The number of carbonyl (C=O) groups excluding carboxylic acids is 1. The molecule has 1 aromatic heterocycles. The van der Waals surface area contributed by atoms with Gasteiger partial charge in [-0.3, -0.25) is 4.79 Å². The summed E-state index contributed by atoms with van der Waals surface area (Å²) < 4.78 is 5.56. The summed E-state index contributed by atoms with van der Waals surface area (Å²) in [7, 11) is 0. The number of amides is 1. The molecule has 1 unspecified atom stereocenters. The zero-order valence-electron chi connectivity index (χ0n) is 10.5. The lowest BCUT2D eigenvalue weighted by molar-refractivity contribution is -0.119. The van der Waals surface area contributed by atoms with Crippen LogP contribution in [0.3, 0.4) is 0 Å². The first-order valence-electron chi connectivity index (χ1n) is 6.48. The van der Waals surface area contributed by atoms with E-state index in [1.165, 1.54) is 5.56 Å². The van der Waals surface area contributed by atoms with E-state index in [9.17, 15) is 4.79 Å². The van der Waals surface area contributed by atoms with Gasteiger partial charge in [-0.05, 0) is 25.3 Å². The van der Waals surface area contributed by atoms with E-state index in [-0.39, 0.29) is 11.4 Å². The molecule has 1 aromatic carbocycles. The van der Waals surface area contributed by atoms with Crippen molar-refractivity contribution in [1.82, 2.24) is 5.32 Å². The fraction of sp³-hybridized carbons (Fsp3) is 0.400. The molecule has 2 heterocycles. The third-order valence-corrected chi connectivity index (χ3v) is 4.00. The zero-order chi connectivity index (χ0) is 12.6. The van der Waals surface area contributed by atoms with E-state index in [0.717, 1.165) is 30.2 Å². The largest absolute Gasteiger partial charge is 0.464 e. The predicted octanol–water partition coefficient (Wildman–Crippen LogP) is 3.03. The van der Waals surface area contributed by atoms with Gasteiger partial charge in [-0.15, -0.1) is 0 Å². The first-order chi connectivity index (χ1) is 8.72. The maximum Gasteiger partial charge on any atom is 0.220 e. The molecular weight excluding hydrogens is 226 g/mol. The fourth-order valence-electron chi connectivity index (χ4n) is 2.83. The summed E-state index contributed by atoms with van der Waals surface area (Å²) in [5.74, 6) is 0.171. The van der Waals surface area contributed by atoms with Crippen molar-refractivity contribution in [1.29, 1.82) is 0 Å². The Labute approximate surface area is 106 Å². The van der Waals surface area contributed by atoms with Gasteiger partial charge in [-0.2, -0.15) is 0 Å². The molecule has 3 nitrogen and oxygen atoms in total. The van der Waals surface area contributed by atoms with E-state index < -0.39 is 0 Å². The molecule has 1 amide bonds. The van der Waals surface area contributed by atoms with Crippen LogP contribution in [-0.4, -0.2) is 11.4 Å². The van der Waals surface area contributed by atoms with Gasteiger partial charge in [-0.1, -0.05) is 25.1 Å². The van der Waals surface area contributed by atoms with Gasteiger partial charge in [0.15, 0.2) is 0 Å². The smallest absolute Gasteiger partial charge is 0.220 e. The maximum absolute atomic E-state index is 11.5. The standard InChI is InChI=1S/C15H17NO2/c1-2-15(8-7-14(17)16-15)9-11-10-18-13-6-4-3-5-12(11)13/h3-6,10H,2,7-9H2,1H3,(H,16,17). The van der Waals surface area contributed by atoms with E-state index in [2.05, 4.69) is 18.3 Å². The maximum atomic E-state index is 11.5. The van der Waals surface area contributed by atoms with Gasteiger partial charge in [0.1, 0.15) is 5.58 Å². The van der Waals surface area contributed by atoms with Crippen LogP contribution >= 0.6 is 0 Å². The van der Waals surface area contributed by atoms with E-state index >= 15 is 0 Å². The van der Waals surface area contributed by atoms with Crippen molar-refractivity contribution < 1.29 is 9.21 Å². The first-order valence-corrected chi connectivity index (χ1v) is 6.48. The second-order valence-corrected chi connectivity index (χ2v) is 5.12. The highest BCUT2D eigenvalue weighted by atomic mass is 16.3. The van der Waals surface area contributed by atoms with Crippen molar-refractivity contribution in [3.8, 4) is 0 Å². The molecule has 3 heteroatoms. The lowest BCUT2D eigenvalue weighted by atomic mass is 9.87. The summed E-state index contributed by atoms with van der Waals surface area (Å²) >= 11 is 0. The summed E-state index contributed by atoms with van der Waals surface area (Å²) in [5.41, 5.74) is 2.03. The van der Waals surface area contributed by atoms with Crippen LogP contribution in [-0.2, 0) is 11.2 Å². The molecular formula is C15H17NO2. The minimum Gasteiger partial charge on any atom is -0.464 e. The van der Waals surface area contributed by atoms with Crippen LogP contribution in [0.1, 0.15) is 31.7 Å². The Balaban J connectivity index is 1.94. The Morgan fingerprint density at radius 1 is 1.39 bits per heavy atom. The lowest BCUT2D eigenvalue weighted by Crippen LogP contribution is -2.42. The van der Waals surface area contributed by atoms with Gasteiger partial charge < -0.3 is 9.73 Å². The average Bonchev–Trinajstić information content (AvgIpc) is 2.96. The molecule has 1 N–H and O–H groups in total. The highest BCUT2D eigenvalue weighted by Gasteiger charge is 2.36. The number of fused-ring (bicyclic) bond motifs is 1. The van der Waals surface area contributed by atoms with E-state index in [1.54, 1.807) is 0 Å². The molecule has 0 radical (unpaired) electrons. The number of furan rings is 1. The Morgan fingerprint density at radius 3 is 2.94 bits per heavy atom. The highest BCUT2D eigenvalue weighted by molar-refractivity contribution is 5.82. The molecule has 1 aliphatic heterocycles. The SMILES string of the molecule is CCC1(Cc2coc3ccccc23)CCC(=O)N1. The molecule has 0 bridgehead atoms. The van der Waals surface area contributed by atoms with Crippen molar-refractivity contribution in [2.75, 3.05) is 0 Å². The summed E-state index contributed by atoms with van der Waals surface area (Å²) in [6, 6.07) is 8.05. The van der Waals surface area contributed by atoms with E-state index in [0.29, 0.717) is 6.42 Å². The molecule has 18 heavy (non-hydrogen) atoms. The molecule has 2 aromatic rings. The van der Waals surface area contributed by atoms with Gasteiger partial charge in [0.25, 0.3) is 0 Å². The number of hydrogen-bond acceptors (Lipinski definition) is 2. The monoisotopic (exact) mass is 243 g/mol. The second kappa shape index (κ2) is 4.16. The van der Waals surface area contributed by atoms with E-state index in [4.69, 9.17) is 4.42 Å². The number of para-hydroxylation sites is 1. The molecule has 94 valence electrons. The van der Waals surface area contributed by atoms with Gasteiger partial charge in [-0.25, -0.2) is 0 Å². The summed E-state index contributed by atoms with van der Waals surface area (Å²) in [5, 5.41) is 4.30. The van der Waals surface area contributed by atoms with Crippen molar-refractivity contribution in [3.05, 3.63) is 36.1 Å². The Morgan fingerprint density at radius 2 is 2.22 bits per heavy atom. The van der Waals surface area contributed by atoms with Crippen molar-refractivity contribution in [2.45, 2.75) is 38.1 Å². The van der Waals surface area contributed by atoms with Crippen LogP contribution in [0.4, 0.5) is 0 Å². The van der Waals surface area contributed by atoms with E-state index in [1.807, 2.05) is 24.5 Å². The lowest BCUT2D eigenvalue weighted by Gasteiger charge is -2.27. The third-order valence-electron chi connectivity index (χ3n) is 4.00.